The minimum atomic E-state index is -0.354. The van der Waals surface area contributed by atoms with Gasteiger partial charge in [-0.25, -0.2) is 9.78 Å². The summed E-state index contributed by atoms with van der Waals surface area (Å²) >= 11 is 3.04. The van der Waals surface area contributed by atoms with Gasteiger partial charge in [0.05, 0.1) is 36.0 Å². The van der Waals surface area contributed by atoms with Crippen LogP contribution in [0.15, 0.2) is 70.6 Å². The highest BCUT2D eigenvalue weighted by Crippen LogP contribution is 2.40. The summed E-state index contributed by atoms with van der Waals surface area (Å²) in [4.78, 5) is 17.8. The van der Waals surface area contributed by atoms with Crippen LogP contribution in [0.1, 0.15) is 21.7 Å². The molecular formula is C23H19N5O3S2. The van der Waals surface area contributed by atoms with Gasteiger partial charge >= 0.3 is 5.97 Å². The van der Waals surface area contributed by atoms with E-state index in [-0.39, 0.29) is 5.97 Å². The zero-order valence-corrected chi connectivity index (χ0v) is 19.2. The van der Waals surface area contributed by atoms with Crippen LogP contribution in [0.2, 0.25) is 0 Å². The third-order valence-corrected chi connectivity index (χ3v) is 7.22. The van der Waals surface area contributed by atoms with Crippen LogP contribution in [0, 0.1) is 0 Å². The molecule has 0 spiro atoms. The number of anilines is 1. The molecule has 166 valence electrons. The molecule has 4 aromatic heterocycles. The minimum Gasteiger partial charge on any atom is -0.467 e. The van der Waals surface area contributed by atoms with E-state index in [0.717, 1.165) is 31.6 Å². The number of thioether (sulfide) groups is 1. The van der Waals surface area contributed by atoms with Crippen LogP contribution in [-0.4, -0.2) is 32.8 Å². The Labute approximate surface area is 197 Å². The van der Waals surface area contributed by atoms with Gasteiger partial charge in [0.25, 0.3) is 0 Å². The number of rotatable bonds is 7. The molecule has 8 nitrogen and oxygen atoms in total. The summed E-state index contributed by atoms with van der Waals surface area (Å²) in [5, 5.41) is 10.6. The number of hydrogen-bond donors (Lipinski definition) is 1. The molecule has 0 aliphatic rings. The number of carbonyl (C=O) groups excluding carboxylic acids is 1. The summed E-state index contributed by atoms with van der Waals surface area (Å²) in [5.74, 6) is 1.77. The SMILES string of the molecule is COC(=O)c1ccc(CSc2nnc(-c3sc4ncccc4c3N)n2Cc2ccco2)cc1. The number of aromatic nitrogens is 4. The van der Waals surface area contributed by atoms with Crippen LogP contribution >= 0.6 is 23.1 Å². The Kier molecular flexibility index (Phi) is 5.84. The number of furan rings is 1. The topological polar surface area (TPSA) is 109 Å². The molecule has 5 aromatic rings. The maximum atomic E-state index is 11.7. The summed E-state index contributed by atoms with van der Waals surface area (Å²) in [5.41, 5.74) is 8.67. The molecule has 0 unspecified atom stereocenters. The summed E-state index contributed by atoms with van der Waals surface area (Å²) in [7, 11) is 1.37. The fourth-order valence-electron chi connectivity index (χ4n) is 3.38. The van der Waals surface area contributed by atoms with Gasteiger partial charge in [-0.3, -0.25) is 4.57 Å². The number of esters is 1. The quantitative estimate of drug-likeness (QED) is 0.262. The second-order valence-electron chi connectivity index (χ2n) is 7.15. The summed E-state index contributed by atoms with van der Waals surface area (Å²) in [6, 6.07) is 14.9. The van der Waals surface area contributed by atoms with E-state index < -0.39 is 0 Å². The molecular weight excluding hydrogens is 458 g/mol. The third kappa shape index (κ3) is 4.22. The molecule has 2 N–H and O–H groups in total. The first-order valence-corrected chi connectivity index (χ1v) is 11.8. The fourth-order valence-corrected chi connectivity index (χ4v) is 5.34. The molecule has 0 saturated heterocycles. The van der Waals surface area contributed by atoms with E-state index in [2.05, 4.69) is 15.2 Å². The average molecular weight is 478 g/mol. The van der Waals surface area contributed by atoms with Gasteiger partial charge in [0.2, 0.25) is 0 Å². The highest BCUT2D eigenvalue weighted by molar-refractivity contribution is 7.98. The number of benzene rings is 1. The molecule has 4 heterocycles. The van der Waals surface area contributed by atoms with Crippen molar-refractivity contribution in [1.29, 1.82) is 0 Å². The lowest BCUT2D eigenvalue weighted by molar-refractivity contribution is 0.0600. The normalized spacial score (nSPS) is 11.2. The van der Waals surface area contributed by atoms with E-state index in [1.807, 2.05) is 41.0 Å². The van der Waals surface area contributed by atoms with Crippen molar-refractivity contribution < 1.29 is 13.9 Å². The zero-order chi connectivity index (χ0) is 22.8. The lowest BCUT2D eigenvalue weighted by Gasteiger charge is -2.09. The Morgan fingerprint density at radius 3 is 2.76 bits per heavy atom. The number of carbonyl (C=O) groups is 1. The monoisotopic (exact) mass is 477 g/mol. The number of hydrogen-bond acceptors (Lipinski definition) is 9. The van der Waals surface area contributed by atoms with Gasteiger partial charge in [-0.15, -0.1) is 21.5 Å². The number of pyridine rings is 1. The van der Waals surface area contributed by atoms with Gasteiger partial charge in [-0.05, 0) is 42.0 Å². The van der Waals surface area contributed by atoms with Crippen molar-refractivity contribution in [2.24, 2.45) is 0 Å². The Morgan fingerprint density at radius 2 is 2.03 bits per heavy atom. The standard InChI is InChI=1S/C23H19N5O3S2/c1-30-22(29)15-8-6-14(7-9-15)13-32-23-27-26-20(28(23)12-16-4-3-11-31-16)19-18(24)17-5-2-10-25-21(17)33-19/h2-11H,12-13,24H2,1H3. The maximum Gasteiger partial charge on any atom is 0.337 e. The third-order valence-electron chi connectivity index (χ3n) is 5.06. The lowest BCUT2D eigenvalue weighted by atomic mass is 10.1. The average Bonchev–Trinajstić information content (AvgIpc) is 3.58. The van der Waals surface area contributed by atoms with E-state index in [9.17, 15) is 4.79 Å². The van der Waals surface area contributed by atoms with Gasteiger partial charge in [-0.2, -0.15) is 0 Å². The Balaban J connectivity index is 1.46. The molecule has 0 saturated carbocycles. The number of nitrogens with two attached hydrogens (primary N) is 1. The van der Waals surface area contributed by atoms with Gasteiger partial charge in [-0.1, -0.05) is 23.9 Å². The van der Waals surface area contributed by atoms with Crippen molar-refractivity contribution in [3.8, 4) is 10.7 Å². The smallest absolute Gasteiger partial charge is 0.337 e. The summed E-state index contributed by atoms with van der Waals surface area (Å²) in [6.07, 6.45) is 3.40. The highest BCUT2D eigenvalue weighted by atomic mass is 32.2. The van der Waals surface area contributed by atoms with E-state index in [1.54, 1.807) is 36.4 Å². The molecule has 0 aliphatic heterocycles. The molecule has 5 rings (SSSR count). The lowest BCUT2D eigenvalue weighted by Crippen LogP contribution is -2.04. The fraction of sp³-hybridized carbons (Fsp3) is 0.130. The van der Waals surface area contributed by atoms with Gasteiger partial charge in [0.1, 0.15) is 10.6 Å². The van der Waals surface area contributed by atoms with Gasteiger partial charge in [0, 0.05) is 17.3 Å². The van der Waals surface area contributed by atoms with Crippen molar-refractivity contribution >= 4 is 45.0 Å². The number of nitrogens with zero attached hydrogens (tertiary/aromatic N) is 4. The molecule has 0 radical (unpaired) electrons. The molecule has 0 atom stereocenters. The van der Waals surface area contributed by atoms with Crippen LogP contribution in [0.3, 0.4) is 0 Å². The number of methoxy groups -OCH3 is 1. The highest BCUT2D eigenvalue weighted by Gasteiger charge is 2.21. The number of fused-ring (bicyclic) bond motifs is 1. The van der Waals surface area contributed by atoms with Gasteiger partial charge in [0.15, 0.2) is 11.0 Å². The van der Waals surface area contributed by atoms with Crippen molar-refractivity contribution in [3.63, 3.8) is 0 Å². The Bertz CT molecular complexity index is 1410. The molecule has 0 fully saturated rings. The molecule has 33 heavy (non-hydrogen) atoms. The number of nitrogen functional groups attached to an aromatic ring is 1. The number of ether oxygens (including phenoxy) is 1. The Hall–Kier alpha value is -3.63. The van der Waals surface area contributed by atoms with E-state index in [0.29, 0.717) is 29.4 Å². The minimum absolute atomic E-state index is 0.354. The van der Waals surface area contributed by atoms with Crippen LogP contribution < -0.4 is 5.73 Å². The summed E-state index contributed by atoms with van der Waals surface area (Å²) in [6.45, 7) is 0.472. The van der Waals surface area contributed by atoms with Crippen LogP contribution in [0.4, 0.5) is 5.69 Å². The molecule has 0 amide bonds. The summed E-state index contributed by atoms with van der Waals surface area (Å²) < 4.78 is 12.3. The van der Waals surface area contributed by atoms with Crippen LogP contribution in [0.25, 0.3) is 20.9 Å². The van der Waals surface area contributed by atoms with Crippen molar-refractivity contribution in [2.75, 3.05) is 12.8 Å². The zero-order valence-electron chi connectivity index (χ0n) is 17.6. The first-order valence-electron chi connectivity index (χ1n) is 10.0. The van der Waals surface area contributed by atoms with E-state index in [1.165, 1.54) is 18.4 Å². The second kappa shape index (κ2) is 9.08. The molecule has 0 aliphatic carbocycles. The van der Waals surface area contributed by atoms with E-state index in [4.69, 9.17) is 14.9 Å². The van der Waals surface area contributed by atoms with Crippen molar-refractivity contribution in [1.82, 2.24) is 19.7 Å². The van der Waals surface area contributed by atoms with Crippen molar-refractivity contribution in [2.45, 2.75) is 17.5 Å². The first kappa shape index (κ1) is 21.2. The predicted octanol–water partition coefficient (Wildman–Crippen LogP) is 4.86. The Morgan fingerprint density at radius 1 is 1.18 bits per heavy atom. The molecule has 1 aromatic carbocycles. The van der Waals surface area contributed by atoms with Gasteiger partial charge < -0.3 is 14.9 Å². The largest absolute Gasteiger partial charge is 0.467 e. The predicted molar refractivity (Wildman–Crippen MR) is 128 cm³/mol. The first-order chi connectivity index (χ1) is 16.1. The van der Waals surface area contributed by atoms with Crippen molar-refractivity contribution in [3.05, 3.63) is 77.9 Å². The molecule has 10 heteroatoms. The van der Waals surface area contributed by atoms with Crippen LogP contribution in [0.5, 0.6) is 0 Å². The second-order valence-corrected chi connectivity index (χ2v) is 9.09. The maximum absolute atomic E-state index is 11.7. The van der Waals surface area contributed by atoms with Crippen LogP contribution in [-0.2, 0) is 17.0 Å². The number of thiophene rings is 1. The molecule has 0 bridgehead atoms. The van der Waals surface area contributed by atoms with E-state index >= 15 is 0 Å².